The first-order chi connectivity index (χ1) is 9.42. The van der Waals surface area contributed by atoms with Gasteiger partial charge in [0.05, 0.1) is 16.4 Å². The van der Waals surface area contributed by atoms with Gasteiger partial charge in [0.15, 0.2) is 0 Å². The summed E-state index contributed by atoms with van der Waals surface area (Å²) in [6, 6.07) is 9.02. The molecule has 0 aliphatic heterocycles. The highest BCUT2D eigenvalue weighted by molar-refractivity contribution is 9.10. The Labute approximate surface area is 149 Å². The zero-order chi connectivity index (χ0) is 14.9. The number of hydrogen-bond acceptors (Lipinski definition) is 1. The molecule has 1 unspecified atom stereocenters. The van der Waals surface area contributed by atoms with E-state index in [1.165, 1.54) is 0 Å². The molecule has 1 nitrogen and oxygen atoms in total. The molecule has 20 heavy (non-hydrogen) atoms. The fourth-order valence-corrected chi connectivity index (χ4v) is 4.03. The van der Waals surface area contributed by atoms with Crippen molar-refractivity contribution >= 4 is 66.7 Å². The lowest BCUT2D eigenvalue weighted by Crippen LogP contribution is -1.98. The van der Waals surface area contributed by atoms with Crippen LogP contribution in [0.1, 0.15) is 16.0 Å². The lowest BCUT2D eigenvalue weighted by Gasteiger charge is -2.17. The fourth-order valence-electron chi connectivity index (χ4n) is 1.88. The van der Waals surface area contributed by atoms with Gasteiger partial charge >= 0.3 is 0 Å². The van der Waals surface area contributed by atoms with Gasteiger partial charge in [-0.2, -0.15) is 0 Å². The molecule has 2 rings (SSSR count). The number of ether oxygens (including phenoxy) is 1. The van der Waals surface area contributed by atoms with Crippen molar-refractivity contribution in [2.75, 3.05) is 7.11 Å². The highest BCUT2D eigenvalue weighted by atomic mass is 79.9. The molecule has 0 N–H and O–H groups in total. The van der Waals surface area contributed by atoms with E-state index >= 15 is 0 Å². The molecule has 6 heteroatoms. The standard InChI is InChI=1S/C14H9Br2Cl3O/c1-20-14-11(5-10(19)6-12(14)15)13(16)7-2-8(17)4-9(18)3-7/h2-6,13H,1H3. The molecule has 0 saturated heterocycles. The van der Waals surface area contributed by atoms with Crippen LogP contribution in [0.2, 0.25) is 15.1 Å². The van der Waals surface area contributed by atoms with Crippen LogP contribution in [0.15, 0.2) is 34.8 Å². The Morgan fingerprint density at radius 3 is 2.05 bits per heavy atom. The molecule has 0 amide bonds. The lowest BCUT2D eigenvalue weighted by atomic mass is 10.0. The van der Waals surface area contributed by atoms with Gasteiger partial charge < -0.3 is 4.74 Å². The van der Waals surface area contributed by atoms with Crippen LogP contribution < -0.4 is 4.74 Å². The maximum Gasteiger partial charge on any atom is 0.137 e. The number of hydrogen-bond donors (Lipinski definition) is 0. The molecule has 0 saturated carbocycles. The van der Waals surface area contributed by atoms with Crippen molar-refractivity contribution in [2.45, 2.75) is 4.83 Å². The summed E-state index contributed by atoms with van der Waals surface area (Å²) >= 11 is 25.3. The number of alkyl halides is 1. The van der Waals surface area contributed by atoms with E-state index in [0.717, 1.165) is 15.6 Å². The van der Waals surface area contributed by atoms with E-state index in [0.29, 0.717) is 20.8 Å². The van der Waals surface area contributed by atoms with Crippen LogP contribution in [0, 0.1) is 0 Å². The van der Waals surface area contributed by atoms with Gasteiger partial charge in [-0.25, -0.2) is 0 Å². The number of halogens is 5. The Morgan fingerprint density at radius 1 is 0.950 bits per heavy atom. The zero-order valence-electron chi connectivity index (χ0n) is 10.3. The summed E-state index contributed by atoms with van der Waals surface area (Å²) in [5.41, 5.74) is 1.82. The van der Waals surface area contributed by atoms with E-state index in [1.807, 2.05) is 18.2 Å². The molecule has 0 radical (unpaired) electrons. The molecule has 1 atom stereocenters. The maximum absolute atomic E-state index is 6.11. The quantitative estimate of drug-likeness (QED) is 0.454. The third-order valence-electron chi connectivity index (χ3n) is 2.69. The van der Waals surface area contributed by atoms with Crippen molar-refractivity contribution in [3.8, 4) is 5.75 Å². The van der Waals surface area contributed by atoms with Crippen molar-refractivity contribution in [2.24, 2.45) is 0 Å². The highest BCUT2D eigenvalue weighted by Crippen LogP contribution is 2.43. The van der Waals surface area contributed by atoms with E-state index < -0.39 is 0 Å². The first-order valence-corrected chi connectivity index (χ1v) is 8.39. The second-order valence-electron chi connectivity index (χ2n) is 4.08. The topological polar surface area (TPSA) is 9.23 Å². The minimum absolute atomic E-state index is 0.136. The Bertz CT molecular complexity index is 626. The smallest absolute Gasteiger partial charge is 0.137 e. The fraction of sp³-hybridized carbons (Fsp3) is 0.143. The zero-order valence-corrected chi connectivity index (χ0v) is 15.7. The van der Waals surface area contributed by atoms with Gasteiger partial charge in [-0.1, -0.05) is 50.7 Å². The van der Waals surface area contributed by atoms with Crippen LogP contribution in [-0.4, -0.2) is 7.11 Å². The molecule has 2 aromatic rings. The van der Waals surface area contributed by atoms with Crippen molar-refractivity contribution in [3.05, 3.63) is 61.0 Å². The summed E-state index contributed by atoms with van der Waals surface area (Å²) in [7, 11) is 1.61. The van der Waals surface area contributed by atoms with Crippen molar-refractivity contribution in [3.63, 3.8) is 0 Å². The van der Waals surface area contributed by atoms with Crippen LogP contribution in [0.3, 0.4) is 0 Å². The van der Waals surface area contributed by atoms with Gasteiger partial charge in [0.25, 0.3) is 0 Å². The van der Waals surface area contributed by atoms with E-state index in [4.69, 9.17) is 39.5 Å². The average molecular weight is 459 g/mol. The predicted molar refractivity (Wildman–Crippen MR) is 92.9 cm³/mol. The third-order valence-corrected chi connectivity index (χ3v) is 4.96. The molecule has 0 heterocycles. The molecule has 2 aromatic carbocycles. The Morgan fingerprint density at radius 2 is 1.50 bits per heavy atom. The van der Waals surface area contributed by atoms with Crippen LogP contribution >= 0.6 is 66.7 Å². The van der Waals surface area contributed by atoms with Gasteiger partial charge in [0.2, 0.25) is 0 Å². The minimum atomic E-state index is -0.136. The predicted octanol–water partition coefficient (Wildman–Crippen LogP) is 6.90. The average Bonchev–Trinajstić information content (AvgIpc) is 2.35. The Balaban J connectivity index is 2.55. The second kappa shape index (κ2) is 6.89. The number of benzene rings is 2. The molecule has 0 aliphatic rings. The summed E-state index contributed by atoms with van der Waals surface area (Å²) < 4.78 is 6.22. The molecular formula is C14H9Br2Cl3O. The van der Waals surface area contributed by atoms with E-state index in [1.54, 1.807) is 19.2 Å². The van der Waals surface area contributed by atoms with Gasteiger partial charge in [-0.15, -0.1) is 0 Å². The molecule has 0 aromatic heterocycles. The summed E-state index contributed by atoms with van der Waals surface area (Å²) in [4.78, 5) is -0.136. The first-order valence-electron chi connectivity index (χ1n) is 5.55. The van der Waals surface area contributed by atoms with E-state index in [2.05, 4.69) is 31.9 Å². The normalized spacial score (nSPS) is 12.3. The van der Waals surface area contributed by atoms with E-state index in [9.17, 15) is 0 Å². The Hall–Kier alpha value is 0.0700. The molecular weight excluding hydrogens is 450 g/mol. The van der Waals surface area contributed by atoms with Crippen molar-refractivity contribution < 1.29 is 4.74 Å². The summed E-state index contributed by atoms with van der Waals surface area (Å²) in [5, 5.41) is 1.78. The Kier molecular flexibility index (Phi) is 5.66. The van der Waals surface area contributed by atoms with Crippen LogP contribution in [0.4, 0.5) is 0 Å². The molecule has 0 bridgehead atoms. The SMILES string of the molecule is COc1c(Br)cc(Cl)cc1C(Br)c1cc(Cl)cc(Cl)c1. The van der Waals surface area contributed by atoms with Gasteiger partial charge in [0.1, 0.15) is 5.75 Å². The van der Waals surface area contributed by atoms with Crippen molar-refractivity contribution in [1.82, 2.24) is 0 Å². The summed E-state index contributed by atoms with van der Waals surface area (Å²) in [6.45, 7) is 0. The van der Waals surface area contributed by atoms with Crippen LogP contribution in [0.5, 0.6) is 5.75 Å². The molecule has 0 spiro atoms. The van der Waals surface area contributed by atoms with Gasteiger partial charge in [-0.3, -0.25) is 0 Å². The largest absolute Gasteiger partial charge is 0.495 e. The van der Waals surface area contributed by atoms with Gasteiger partial charge in [0, 0.05) is 20.6 Å². The van der Waals surface area contributed by atoms with Crippen molar-refractivity contribution in [1.29, 1.82) is 0 Å². The number of rotatable bonds is 3. The third kappa shape index (κ3) is 3.63. The lowest BCUT2D eigenvalue weighted by molar-refractivity contribution is 0.408. The first kappa shape index (κ1) is 16.4. The summed E-state index contributed by atoms with van der Waals surface area (Å²) in [5.74, 6) is 0.715. The number of methoxy groups -OCH3 is 1. The van der Waals surface area contributed by atoms with Crippen LogP contribution in [0.25, 0.3) is 0 Å². The van der Waals surface area contributed by atoms with E-state index in [-0.39, 0.29) is 4.83 Å². The van der Waals surface area contributed by atoms with Crippen LogP contribution in [-0.2, 0) is 0 Å². The second-order valence-corrected chi connectivity index (χ2v) is 7.15. The molecule has 106 valence electrons. The monoisotopic (exact) mass is 456 g/mol. The molecule has 0 aliphatic carbocycles. The molecule has 0 fully saturated rings. The highest BCUT2D eigenvalue weighted by Gasteiger charge is 2.19. The maximum atomic E-state index is 6.11. The summed E-state index contributed by atoms with van der Waals surface area (Å²) in [6.07, 6.45) is 0. The van der Waals surface area contributed by atoms with Gasteiger partial charge in [-0.05, 0) is 51.8 Å². The minimum Gasteiger partial charge on any atom is -0.495 e.